The zero-order valence-electron chi connectivity index (χ0n) is 11.3. The highest BCUT2D eigenvalue weighted by molar-refractivity contribution is 9.10. The molecule has 0 bridgehead atoms. The summed E-state index contributed by atoms with van der Waals surface area (Å²) in [6.45, 7) is 7.05. The predicted octanol–water partition coefficient (Wildman–Crippen LogP) is 3.56. The van der Waals surface area contributed by atoms with E-state index in [4.69, 9.17) is 0 Å². The Balaban J connectivity index is 1.82. The number of nitrogens with zero attached hydrogens (tertiary/aromatic N) is 2. The van der Waals surface area contributed by atoms with Gasteiger partial charge in [-0.2, -0.15) is 5.10 Å². The first-order valence-electron chi connectivity index (χ1n) is 6.82. The van der Waals surface area contributed by atoms with Crippen LogP contribution in [0.4, 0.5) is 0 Å². The number of nitrogens with one attached hydrogen (secondary N) is 1. The topological polar surface area (TPSA) is 29.9 Å². The van der Waals surface area contributed by atoms with Crippen molar-refractivity contribution in [2.45, 2.75) is 52.6 Å². The van der Waals surface area contributed by atoms with Crippen LogP contribution in [0.5, 0.6) is 0 Å². The fourth-order valence-corrected chi connectivity index (χ4v) is 2.88. The van der Waals surface area contributed by atoms with Gasteiger partial charge in [0.05, 0.1) is 15.9 Å². The maximum atomic E-state index is 4.50. The summed E-state index contributed by atoms with van der Waals surface area (Å²) in [6, 6.07) is 0. The second-order valence-electron chi connectivity index (χ2n) is 4.84. The summed E-state index contributed by atoms with van der Waals surface area (Å²) < 4.78 is 3.22. The molecular formula is C14H22BrN3. The molecule has 18 heavy (non-hydrogen) atoms. The second-order valence-corrected chi connectivity index (χ2v) is 5.64. The minimum atomic E-state index is 0.891. The molecule has 0 radical (unpaired) electrons. The molecule has 0 spiro atoms. The molecule has 100 valence electrons. The van der Waals surface area contributed by atoms with Crippen molar-refractivity contribution in [3.05, 3.63) is 27.5 Å². The van der Waals surface area contributed by atoms with Crippen LogP contribution in [-0.2, 0) is 13.1 Å². The average molecular weight is 312 g/mol. The number of aryl methyl sites for hydroxylation is 2. The lowest BCUT2D eigenvalue weighted by Gasteiger charge is -2.08. The van der Waals surface area contributed by atoms with Crippen LogP contribution in [0, 0.1) is 6.92 Å². The van der Waals surface area contributed by atoms with E-state index in [2.05, 4.69) is 44.0 Å². The molecule has 0 amide bonds. The Hall–Kier alpha value is -0.610. The van der Waals surface area contributed by atoms with Crippen LogP contribution < -0.4 is 5.32 Å². The van der Waals surface area contributed by atoms with Crippen LogP contribution in [0.15, 0.2) is 16.1 Å². The van der Waals surface area contributed by atoms with Crippen LogP contribution in [0.2, 0.25) is 0 Å². The van der Waals surface area contributed by atoms with Crippen LogP contribution in [-0.4, -0.2) is 16.3 Å². The Morgan fingerprint density at radius 3 is 3.00 bits per heavy atom. The lowest BCUT2D eigenvalue weighted by Crippen LogP contribution is -2.18. The Labute approximate surface area is 118 Å². The van der Waals surface area contributed by atoms with E-state index >= 15 is 0 Å². The molecule has 0 aliphatic heterocycles. The van der Waals surface area contributed by atoms with Gasteiger partial charge in [0.1, 0.15) is 0 Å². The van der Waals surface area contributed by atoms with Gasteiger partial charge in [0.25, 0.3) is 0 Å². The first kappa shape index (κ1) is 13.8. The number of allylic oxidation sites excluding steroid dienone is 1. The molecule has 1 N–H and O–H groups in total. The van der Waals surface area contributed by atoms with Gasteiger partial charge in [0, 0.05) is 13.1 Å². The van der Waals surface area contributed by atoms with Gasteiger partial charge >= 0.3 is 0 Å². The molecule has 0 saturated carbocycles. The standard InChI is InChI=1S/C14H22BrN3/c1-3-18-13(14(15)11(2)17-18)10-16-9-8-12-6-4-5-7-12/h6,16H,3-5,7-10H2,1-2H3. The molecule has 0 unspecified atom stereocenters. The summed E-state index contributed by atoms with van der Waals surface area (Å²) in [5.74, 6) is 0. The highest BCUT2D eigenvalue weighted by atomic mass is 79.9. The van der Waals surface area contributed by atoms with Crippen molar-refractivity contribution < 1.29 is 0 Å². The quantitative estimate of drug-likeness (QED) is 0.643. The smallest absolute Gasteiger partial charge is 0.0739 e. The van der Waals surface area contributed by atoms with Gasteiger partial charge in [0.2, 0.25) is 0 Å². The van der Waals surface area contributed by atoms with Crippen molar-refractivity contribution in [2.24, 2.45) is 0 Å². The Bertz CT molecular complexity index is 434. The van der Waals surface area contributed by atoms with Crippen molar-refractivity contribution in [1.29, 1.82) is 0 Å². The molecule has 1 aliphatic carbocycles. The first-order valence-corrected chi connectivity index (χ1v) is 7.62. The molecule has 1 aliphatic rings. The van der Waals surface area contributed by atoms with E-state index in [9.17, 15) is 0 Å². The van der Waals surface area contributed by atoms with Gasteiger partial charge in [-0.3, -0.25) is 4.68 Å². The van der Waals surface area contributed by atoms with Gasteiger partial charge < -0.3 is 5.32 Å². The molecule has 3 nitrogen and oxygen atoms in total. The highest BCUT2D eigenvalue weighted by Crippen LogP contribution is 2.22. The van der Waals surface area contributed by atoms with E-state index < -0.39 is 0 Å². The van der Waals surface area contributed by atoms with E-state index in [1.165, 1.54) is 31.4 Å². The summed E-state index contributed by atoms with van der Waals surface area (Å²) in [4.78, 5) is 0. The lowest BCUT2D eigenvalue weighted by atomic mass is 10.2. The van der Waals surface area contributed by atoms with Crippen molar-refractivity contribution in [1.82, 2.24) is 15.1 Å². The molecule has 1 aromatic heterocycles. The normalized spacial score (nSPS) is 15.2. The summed E-state index contributed by atoms with van der Waals surface area (Å²) in [5.41, 5.74) is 3.96. The summed E-state index contributed by atoms with van der Waals surface area (Å²) in [7, 11) is 0. The van der Waals surface area contributed by atoms with Gasteiger partial charge in [-0.15, -0.1) is 0 Å². The zero-order chi connectivity index (χ0) is 13.0. The maximum absolute atomic E-state index is 4.50. The van der Waals surface area contributed by atoms with Crippen LogP contribution in [0.1, 0.15) is 44.0 Å². The number of hydrogen-bond donors (Lipinski definition) is 1. The van der Waals surface area contributed by atoms with E-state index in [0.717, 1.165) is 29.8 Å². The lowest BCUT2D eigenvalue weighted by molar-refractivity contribution is 0.577. The predicted molar refractivity (Wildman–Crippen MR) is 78.6 cm³/mol. The SMILES string of the molecule is CCn1nc(C)c(Br)c1CNCCC1=CCCC1. The Morgan fingerprint density at radius 1 is 1.50 bits per heavy atom. The molecule has 1 aromatic rings. The zero-order valence-corrected chi connectivity index (χ0v) is 12.9. The van der Waals surface area contributed by atoms with Gasteiger partial charge in [-0.25, -0.2) is 0 Å². The summed E-state index contributed by atoms with van der Waals surface area (Å²) in [5, 5.41) is 8.03. The van der Waals surface area contributed by atoms with Crippen molar-refractivity contribution in [3.63, 3.8) is 0 Å². The third kappa shape index (κ3) is 3.23. The third-order valence-electron chi connectivity index (χ3n) is 3.50. The number of hydrogen-bond acceptors (Lipinski definition) is 2. The summed E-state index contributed by atoms with van der Waals surface area (Å²) in [6.07, 6.45) is 7.53. The Morgan fingerprint density at radius 2 is 2.33 bits per heavy atom. The van der Waals surface area contributed by atoms with Crippen molar-refractivity contribution in [3.8, 4) is 0 Å². The van der Waals surface area contributed by atoms with E-state index in [-0.39, 0.29) is 0 Å². The third-order valence-corrected chi connectivity index (χ3v) is 4.53. The molecular weight excluding hydrogens is 290 g/mol. The number of aromatic nitrogens is 2. The highest BCUT2D eigenvalue weighted by Gasteiger charge is 2.11. The van der Waals surface area contributed by atoms with E-state index in [1.807, 2.05) is 6.92 Å². The van der Waals surface area contributed by atoms with Crippen molar-refractivity contribution in [2.75, 3.05) is 6.54 Å². The summed E-state index contributed by atoms with van der Waals surface area (Å²) >= 11 is 3.63. The molecule has 0 atom stereocenters. The molecule has 2 rings (SSSR count). The van der Waals surface area contributed by atoms with E-state index in [0.29, 0.717) is 0 Å². The molecule has 0 aromatic carbocycles. The number of halogens is 1. The molecule has 0 fully saturated rings. The average Bonchev–Trinajstić information content (AvgIpc) is 2.96. The van der Waals surface area contributed by atoms with E-state index in [1.54, 1.807) is 5.57 Å². The fourth-order valence-electron chi connectivity index (χ4n) is 2.46. The number of rotatable bonds is 6. The molecule has 0 saturated heterocycles. The fraction of sp³-hybridized carbons (Fsp3) is 0.643. The van der Waals surface area contributed by atoms with Crippen LogP contribution in [0.3, 0.4) is 0 Å². The van der Waals surface area contributed by atoms with Crippen LogP contribution >= 0.6 is 15.9 Å². The van der Waals surface area contributed by atoms with Gasteiger partial charge in [-0.05, 0) is 62.0 Å². The largest absolute Gasteiger partial charge is 0.311 e. The van der Waals surface area contributed by atoms with Gasteiger partial charge in [0.15, 0.2) is 0 Å². The first-order chi connectivity index (χ1) is 8.72. The molecule has 1 heterocycles. The monoisotopic (exact) mass is 311 g/mol. The van der Waals surface area contributed by atoms with Gasteiger partial charge in [-0.1, -0.05) is 11.6 Å². The minimum absolute atomic E-state index is 0.891. The maximum Gasteiger partial charge on any atom is 0.0739 e. The van der Waals surface area contributed by atoms with Crippen LogP contribution in [0.25, 0.3) is 0 Å². The molecule has 4 heteroatoms. The minimum Gasteiger partial charge on any atom is -0.311 e. The second kappa shape index (κ2) is 6.53. The van der Waals surface area contributed by atoms with Crippen molar-refractivity contribution >= 4 is 15.9 Å². The Kier molecular flexibility index (Phi) is 5.01.